The van der Waals surface area contributed by atoms with E-state index in [0.29, 0.717) is 6.04 Å². The second kappa shape index (κ2) is 4.62. The number of nitrogens with zero attached hydrogens (tertiary/aromatic N) is 1. The van der Waals surface area contributed by atoms with Gasteiger partial charge in [0.1, 0.15) is 0 Å². The molecule has 2 rings (SSSR count). The molecule has 0 aliphatic carbocycles. The van der Waals surface area contributed by atoms with E-state index in [9.17, 15) is 0 Å². The zero-order valence-electron chi connectivity index (χ0n) is 7.95. The van der Waals surface area contributed by atoms with E-state index < -0.39 is 0 Å². The molecule has 2 heterocycles. The lowest BCUT2D eigenvalue weighted by molar-refractivity contribution is 0.154. The smallest absolute Gasteiger partial charge is 0.0931 e. The molecule has 14 heavy (non-hydrogen) atoms. The molecule has 0 aromatic carbocycles. The van der Waals surface area contributed by atoms with Crippen molar-refractivity contribution in [3.05, 3.63) is 21.3 Å². The number of hydrogen-bond acceptors (Lipinski definition) is 3. The molecule has 0 bridgehead atoms. The van der Waals surface area contributed by atoms with Crippen LogP contribution in [0.15, 0.2) is 12.1 Å². The van der Waals surface area contributed by atoms with Gasteiger partial charge in [0.25, 0.3) is 0 Å². The summed E-state index contributed by atoms with van der Waals surface area (Å²) in [6, 6.07) is 4.36. The molecule has 0 spiro atoms. The molecule has 2 nitrogen and oxygen atoms in total. The Hall–Kier alpha value is -0.0900. The Balaban J connectivity index is 1.96. The van der Waals surface area contributed by atoms with Crippen molar-refractivity contribution in [2.75, 3.05) is 13.2 Å². The average Bonchev–Trinajstić information content (AvgIpc) is 2.76. The fourth-order valence-electron chi connectivity index (χ4n) is 1.95. The topological polar surface area (TPSA) is 23.5 Å². The van der Waals surface area contributed by atoms with Crippen LogP contribution in [0.1, 0.15) is 17.7 Å². The highest BCUT2D eigenvalue weighted by Crippen LogP contribution is 2.26. The van der Waals surface area contributed by atoms with Crippen molar-refractivity contribution in [1.29, 1.82) is 0 Å². The highest BCUT2D eigenvalue weighted by molar-refractivity contribution is 7.16. The first-order valence-corrected chi connectivity index (χ1v) is 6.08. The Kier molecular flexibility index (Phi) is 3.44. The van der Waals surface area contributed by atoms with Gasteiger partial charge in [0, 0.05) is 17.5 Å². The van der Waals surface area contributed by atoms with Gasteiger partial charge < -0.3 is 5.11 Å². The zero-order valence-corrected chi connectivity index (χ0v) is 9.52. The van der Waals surface area contributed by atoms with Crippen LogP contribution in [0.2, 0.25) is 4.34 Å². The van der Waals surface area contributed by atoms with Crippen molar-refractivity contribution in [2.24, 2.45) is 0 Å². The van der Waals surface area contributed by atoms with Gasteiger partial charge in [-0.2, -0.15) is 0 Å². The van der Waals surface area contributed by atoms with Crippen LogP contribution in [0.4, 0.5) is 0 Å². The lowest BCUT2D eigenvalue weighted by Gasteiger charge is -2.21. The zero-order chi connectivity index (χ0) is 9.97. The molecule has 1 saturated heterocycles. The molecule has 78 valence electrons. The lowest BCUT2D eigenvalue weighted by Crippen LogP contribution is -2.31. The van der Waals surface area contributed by atoms with Gasteiger partial charge in [0.15, 0.2) is 0 Å². The van der Waals surface area contributed by atoms with E-state index >= 15 is 0 Å². The lowest BCUT2D eigenvalue weighted by atomic mass is 10.2. The molecule has 1 aliphatic rings. The second-order valence-corrected chi connectivity index (χ2v) is 5.45. The van der Waals surface area contributed by atoms with Gasteiger partial charge in [-0.1, -0.05) is 11.6 Å². The van der Waals surface area contributed by atoms with E-state index in [1.54, 1.807) is 11.3 Å². The third kappa shape index (κ3) is 2.28. The summed E-state index contributed by atoms with van der Waals surface area (Å²) >= 11 is 7.50. The van der Waals surface area contributed by atoms with Crippen molar-refractivity contribution < 1.29 is 5.11 Å². The van der Waals surface area contributed by atoms with Crippen LogP contribution in [0, 0.1) is 0 Å². The molecule has 1 aliphatic heterocycles. The second-order valence-electron chi connectivity index (χ2n) is 3.65. The van der Waals surface area contributed by atoms with Crippen LogP contribution < -0.4 is 0 Å². The Morgan fingerprint density at radius 3 is 3.07 bits per heavy atom. The fourth-order valence-corrected chi connectivity index (χ4v) is 3.06. The normalized spacial score (nSPS) is 23.1. The van der Waals surface area contributed by atoms with Crippen LogP contribution in [0.25, 0.3) is 0 Å². The molecule has 1 aromatic rings. The minimum Gasteiger partial charge on any atom is -0.395 e. The van der Waals surface area contributed by atoms with E-state index in [1.807, 2.05) is 6.07 Å². The van der Waals surface area contributed by atoms with Gasteiger partial charge in [-0.3, -0.25) is 4.90 Å². The molecule has 0 saturated carbocycles. The predicted octanol–water partition coefficient (Wildman–Crippen LogP) is 2.36. The Labute approximate surface area is 93.1 Å². The first kappa shape index (κ1) is 10.4. The molecule has 1 atom stereocenters. The summed E-state index contributed by atoms with van der Waals surface area (Å²) in [6.45, 7) is 2.31. The van der Waals surface area contributed by atoms with Crippen LogP contribution >= 0.6 is 22.9 Å². The van der Waals surface area contributed by atoms with Gasteiger partial charge >= 0.3 is 0 Å². The summed E-state index contributed by atoms with van der Waals surface area (Å²) < 4.78 is 0.847. The molecule has 1 N–H and O–H groups in total. The summed E-state index contributed by atoms with van der Waals surface area (Å²) in [5, 5.41) is 9.16. The summed E-state index contributed by atoms with van der Waals surface area (Å²) in [6.07, 6.45) is 2.32. The Morgan fingerprint density at radius 2 is 2.43 bits per heavy atom. The molecule has 1 fully saturated rings. The first-order valence-electron chi connectivity index (χ1n) is 4.88. The van der Waals surface area contributed by atoms with Gasteiger partial charge in [0.05, 0.1) is 10.9 Å². The number of hydrogen-bond donors (Lipinski definition) is 1. The van der Waals surface area contributed by atoms with E-state index in [-0.39, 0.29) is 6.61 Å². The van der Waals surface area contributed by atoms with Crippen molar-refractivity contribution in [1.82, 2.24) is 4.90 Å². The van der Waals surface area contributed by atoms with E-state index in [0.717, 1.165) is 23.8 Å². The molecular weight excluding hydrogens is 218 g/mol. The van der Waals surface area contributed by atoms with E-state index in [4.69, 9.17) is 16.7 Å². The maximum Gasteiger partial charge on any atom is 0.0931 e. The van der Waals surface area contributed by atoms with Crippen molar-refractivity contribution >= 4 is 22.9 Å². The highest BCUT2D eigenvalue weighted by Gasteiger charge is 2.23. The number of rotatable bonds is 3. The maximum atomic E-state index is 9.16. The number of aliphatic hydroxyl groups is 1. The monoisotopic (exact) mass is 231 g/mol. The Bertz CT molecular complexity index is 302. The minimum atomic E-state index is 0.277. The van der Waals surface area contributed by atoms with Crippen molar-refractivity contribution in [3.63, 3.8) is 0 Å². The molecular formula is C10H14ClNOS. The summed E-state index contributed by atoms with van der Waals surface area (Å²) in [5.74, 6) is 0. The fraction of sp³-hybridized carbons (Fsp3) is 0.600. The molecule has 0 amide bonds. The van der Waals surface area contributed by atoms with Crippen molar-refractivity contribution in [2.45, 2.75) is 25.4 Å². The quantitative estimate of drug-likeness (QED) is 0.864. The molecule has 1 aromatic heterocycles. The van der Waals surface area contributed by atoms with E-state index in [1.165, 1.54) is 11.3 Å². The largest absolute Gasteiger partial charge is 0.395 e. The van der Waals surface area contributed by atoms with Crippen LogP contribution in [0.5, 0.6) is 0 Å². The van der Waals surface area contributed by atoms with Gasteiger partial charge in [-0.25, -0.2) is 0 Å². The summed E-state index contributed by atoms with van der Waals surface area (Å²) in [5.41, 5.74) is 0. The number of aliphatic hydroxyl groups excluding tert-OH is 1. The number of halogens is 1. The van der Waals surface area contributed by atoms with Gasteiger partial charge in [0.2, 0.25) is 0 Å². The SMILES string of the molecule is OC[C@H]1CCCN1Cc1ccc(Cl)s1. The Morgan fingerprint density at radius 1 is 1.57 bits per heavy atom. The average molecular weight is 232 g/mol. The third-order valence-corrected chi connectivity index (χ3v) is 3.91. The predicted molar refractivity (Wildman–Crippen MR) is 59.8 cm³/mol. The first-order chi connectivity index (χ1) is 6.79. The maximum absolute atomic E-state index is 9.16. The van der Waals surface area contributed by atoms with Crippen LogP contribution in [-0.4, -0.2) is 29.2 Å². The number of thiophene rings is 1. The highest BCUT2D eigenvalue weighted by atomic mass is 35.5. The minimum absolute atomic E-state index is 0.277. The summed E-state index contributed by atoms with van der Waals surface area (Å²) in [4.78, 5) is 3.62. The summed E-state index contributed by atoms with van der Waals surface area (Å²) in [7, 11) is 0. The number of likely N-dealkylation sites (tertiary alicyclic amines) is 1. The molecule has 4 heteroatoms. The van der Waals surface area contributed by atoms with Gasteiger partial charge in [-0.05, 0) is 31.5 Å². The van der Waals surface area contributed by atoms with Crippen LogP contribution in [-0.2, 0) is 6.54 Å². The standard InChI is InChI=1S/C10H14ClNOS/c11-10-4-3-9(14-10)6-12-5-1-2-8(12)7-13/h3-4,8,13H,1-2,5-7H2/t8-/m1/s1. The van der Waals surface area contributed by atoms with E-state index in [2.05, 4.69) is 11.0 Å². The van der Waals surface area contributed by atoms with Crippen molar-refractivity contribution in [3.8, 4) is 0 Å². The third-order valence-electron chi connectivity index (χ3n) is 2.70. The van der Waals surface area contributed by atoms with Gasteiger partial charge in [-0.15, -0.1) is 11.3 Å². The van der Waals surface area contributed by atoms with Crippen LogP contribution in [0.3, 0.4) is 0 Å². The molecule has 0 unspecified atom stereocenters. The molecule has 0 radical (unpaired) electrons.